The van der Waals surface area contributed by atoms with E-state index < -0.39 is 5.56 Å². The number of benzene rings is 4. The molecular formula is C49H52N8O3. The van der Waals surface area contributed by atoms with Gasteiger partial charge in [-0.05, 0) is 106 Å². The van der Waals surface area contributed by atoms with Gasteiger partial charge in [0.05, 0.1) is 22.3 Å². The molecule has 60 heavy (non-hydrogen) atoms. The summed E-state index contributed by atoms with van der Waals surface area (Å²) in [5.41, 5.74) is 13.6. The van der Waals surface area contributed by atoms with Crippen molar-refractivity contribution >= 4 is 57.4 Å². The molecule has 2 heterocycles. The highest BCUT2D eigenvalue weighted by molar-refractivity contribution is 6.31. The molecular weight excluding hydrogens is 749 g/mol. The second kappa shape index (κ2) is 16.0. The summed E-state index contributed by atoms with van der Waals surface area (Å²) in [7, 11) is 1.65. The monoisotopic (exact) mass is 800 g/mol. The van der Waals surface area contributed by atoms with Crippen molar-refractivity contribution in [3.63, 3.8) is 0 Å². The molecule has 0 atom stereocenters. The average Bonchev–Trinajstić information content (AvgIpc) is 3.24. The minimum atomic E-state index is -0.417. The second-order valence-electron chi connectivity index (χ2n) is 17.2. The number of nitrogens with zero attached hydrogens (tertiary/aromatic N) is 4. The number of hydrogen-bond acceptors (Lipinski definition) is 10. The number of hydrogen-bond donors (Lipinski definition) is 4. The molecule has 2 fully saturated rings. The number of fused-ring (bicyclic) bond motifs is 2. The molecule has 6 aromatic rings. The number of nitrogen functional groups attached to an aromatic ring is 1. The first-order valence-electron chi connectivity index (χ1n) is 21.4. The van der Waals surface area contributed by atoms with Crippen LogP contribution >= 0.6 is 0 Å². The highest BCUT2D eigenvalue weighted by atomic mass is 16.1. The molecule has 2 aromatic heterocycles. The minimum Gasteiger partial charge on any atom is -0.368 e. The summed E-state index contributed by atoms with van der Waals surface area (Å²) in [6.45, 7) is 5.92. The van der Waals surface area contributed by atoms with Crippen molar-refractivity contribution in [3.8, 4) is 11.1 Å². The SMILES string of the molecule is Cc1cccc(C(=O)c2c3c4c(c(Nc5cc(Nc6nc(N)nc(NC7CCC(CC8CCCCC8)CC7)n6)c(C)cc5C)ccc4n(C)c2=O)C(=O)c2ccccc2-3)c1. The van der Waals surface area contributed by atoms with E-state index in [1.807, 2.05) is 63.2 Å². The minimum absolute atomic E-state index is 0.0415. The zero-order valence-electron chi connectivity index (χ0n) is 34.8. The lowest BCUT2D eigenvalue weighted by Gasteiger charge is -2.32. The topological polar surface area (TPSA) is 157 Å². The maximum atomic E-state index is 14.6. The second-order valence-corrected chi connectivity index (χ2v) is 17.2. The summed E-state index contributed by atoms with van der Waals surface area (Å²) in [6.07, 6.45) is 13.0. The lowest BCUT2D eigenvalue weighted by molar-refractivity contribution is 0.102. The Bertz CT molecular complexity index is 2740. The van der Waals surface area contributed by atoms with Crippen LogP contribution < -0.4 is 27.2 Å². The van der Waals surface area contributed by atoms with Gasteiger partial charge in [0.15, 0.2) is 11.6 Å². The third-order valence-electron chi connectivity index (χ3n) is 13.0. The van der Waals surface area contributed by atoms with E-state index in [9.17, 15) is 14.4 Å². The zero-order valence-corrected chi connectivity index (χ0v) is 34.8. The number of nitrogens with one attached hydrogen (secondary N) is 3. The molecule has 0 saturated heterocycles. The van der Waals surface area contributed by atoms with Crippen molar-refractivity contribution < 1.29 is 9.59 Å². The molecule has 3 aliphatic rings. The normalized spacial score (nSPS) is 17.6. The van der Waals surface area contributed by atoms with Crippen molar-refractivity contribution in [2.24, 2.45) is 18.9 Å². The molecule has 0 spiro atoms. The average molecular weight is 801 g/mol. The maximum Gasteiger partial charge on any atom is 0.262 e. The van der Waals surface area contributed by atoms with Crippen LogP contribution in [-0.2, 0) is 7.05 Å². The molecule has 0 amide bonds. The van der Waals surface area contributed by atoms with Gasteiger partial charge in [-0.1, -0.05) is 86.2 Å². The van der Waals surface area contributed by atoms with Gasteiger partial charge in [-0.15, -0.1) is 0 Å². The molecule has 0 unspecified atom stereocenters. The van der Waals surface area contributed by atoms with E-state index in [1.165, 1.54) is 55.9 Å². The number of ketones is 2. The molecule has 11 heteroatoms. The number of pyridine rings is 1. The van der Waals surface area contributed by atoms with Crippen LogP contribution in [0.3, 0.4) is 0 Å². The van der Waals surface area contributed by atoms with E-state index >= 15 is 0 Å². The van der Waals surface area contributed by atoms with Crippen molar-refractivity contribution in [1.82, 2.24) is 19.5 Å². The van der Waals surface area contributed by atoms with Gasteiger partial charge in [0.25, 0.3) is 5.56 Å². The highest BCUT2D eigenvalue weighted by Crippen LogP contribution is 2.45. The number of carbonyl (C=O) groups excluding carboxylic acids is 2. The zero-order chi connectivity index (χ0) is 41.7. The molecule has 9 rings (SSSR count). The number of carbonyl (C=O) groups is 2. The van der Waals surface area contributed by atoms with Gasteiger partial charge >= 0.3 is 0 Å². The summed E-state index contributed by atoms with van der Waals surface area (Å²) in [6, 6.07) is 22.4. The predicted octanol–water partition coefficient (Wildman–Crippen LogP) is 10.1. The van der Waals surface area contributed by atoms with E-state index in [0.717, 1.165) is 52.7 Å². The van der Waals surface area contributed by atoms with E-state index in [2.05, 4.69) is 32.0 Å². The van der Waals surface area contributed by atoms with Crippen molar-refractivity contribution in [1.29, 1.82) is 0 Å². The molecule has 5 N–H and O–H groups in total. The molecule has 0 bridgehead atoms. The summed E-state index contributed by atoms with van der Waals surface area (Å²) in [5.74, 6) is 2.06. The Labute approximate surface area is 350 Å². The van der Waals surface area contributed by atoms with Crippen molar-refractivity contribution in [3.05, 3.63) is 122 Å². The fraction of sp³-hybridized carbons (Fsp3) is 0.347. The lowest BCUT2D eigenvalue weighted by atomic mass is 9.76. The maximum absolute atomic E-state index is 14.6. The number of rotatable bonds is 10. The van der Waals surface area contributed by atoms with Crippen LogP contribution in [0.5, 0.6) is 0 Å². The first kappa shape index (κ1) is 39.1. The third-order valence-corrected chi connectivity index (χ3v) is 13.0. The van der Waals surface area contributed by atoms with Gasteiger partial charge in [0, 0.05) is 46.5 Å². The Hall–Kier alpha value is -6.36. The third kappa shape index (κ3) is 7.41. The van der Waals surface area contributed by atoms with Gasteiger partial charge in [-0.3, -0.25) is 14.4 Å². The Balaban J connectivity index is 1.02. The fourth-order valence-corrected chi connectivity index (χ4v) is 9.94. The van der Waals surface area contributed by atoms with Crippen LogP contribution in [0.25, 0.3) is 22.0 Å². The van der Waals surface area contributed by atoms with Crippen molar-refractivity contribution in [2.45, 2.75) is 91.0 Å². The number of nitrogens with two attached hydrogens (primary N) is 1. The number of aryl methyl sites for hydroxylation is 4. The molecule has 3 aliphatic carbocycles. The predicted molar refractivity (Wildman–Crippen MR) is 240 cm³/mol. The first-order chi connectivity index (χ1) is 29.0. The van der Waals surface area contributed by atoms with E-state index in [1.54, 1.807) is 31.3 Å². The highest BCUT2D eigenvalue weighted by Gasteiger charge is 2.34. The quantitative estimate of drug-likeness (QED) is 0.0982. The molecule has 2 saturated carbocycles. The summed E-state index contributed by atoms with van der Waals surface area (Å²) < 4.78 is 1.47. The van der Waals surface area contributed by atoms with Crippen LogP contribution in [-0.4, -0.2) is 37.1 Å². The lowest BCUT2D eigenvalue weighted by Crippen LogP contribution is -2.29. The molecule has 0 radical (unpaired) electrons. The van der Waals surface area contributed by atoms with E-state index in [-0.39, 0.29) is 29.1 Å². The summed E-state index contributed by atoms with van der Waals surface area (Å²) >= 11 is 0. The van der Waals surface area contributed by atoms with Gasteiger partial charge in [-0.2, -0.15) is 15.0 Å². The first-order valence-corrected chi connectivity index (χ1v) is 21.4. The summed E-state index contributed by atoms with van der Waals surface area (Å²) in [5, 5.41) is 11.1. The Morgan fingerprint density at radius 3 is 2.17 bits per heavy atom. The smallest absolute Gasteiger partial charge is 0.262 e. The van der Waals surface area contributed by atoms with Gasteiger partial charge in [-0.25, -0.2) is 0 Å². The molecule has 0 aliphatic heterocycles. The van der Waals surface area contributed by atoms with Gasteiger partial charge < -0.3 is 26.3 Å². The largest absolute Gasteiger partial charge is 0.368 e. The molecule has 306 valence electrons. The van der Waals surface area contributed by atoms with Crippen LogP contribution in [0, 0.1) is 32.6 Å². The van der Waals surface area contributed by atoms with Crippen LogP contribution in [0.15, 0.2) is 77.6 Å². The molecule has 11 nitrogen and oxygen atoms in total. The Morgan fingerprint density at radius 2 is 1.42 bits per heavy atom. The van der Waals surface area contributed by atoms with Gasteiger partial charge in [0.1, 0.15) is 0 Å². The Morgan fingerprint density at radius 1 is 0.717 bits per heavy atom. The Kier molecular flexibility index (Phi) is 10.4. The standard InChI is InChI=1S/C49H52N8O3/c1-27-11-10-14-32(23-27)44(58)43-40-34-15-8-9-16-35(34)45(59)41-36(21-22-39(42(40)41)57(4)46(43)60)52-37-26-38(29(3)24-28(37)2)53-49-55-47(50)54-48(56-49)51-33-19-17-31(18-20-33)25-30-12-6-5-7-13-30/h8-11,14-16,21-24,26,30-31,33,52H,5-7,12-13,17-20,25H2,1-4H3,(H4,50,51,53,54,55,56). The van der Waals surface area contributed by atoms with Gasteiger partial charge in [0.2, 0.25) is 17.8 Å². The number of anilines is 6. The van der Waals surface area contributed by atoms with E-state index in [4.69, 9.17) is 10.7 Å². The van der Waals surface area contributed by atoms with Crippen molar-refractivity contribution in [2.75, 3.05) is 21.7 Å². The number of aromatic nitrogens is 4. The van der Waals surface area contributed by atoms with E-state index in [0.29, 0.717) is 56.3 Å². The fourth-order valence-electron chi connectivity index (χ4n) is 9.94. The van der Waals surface area contributed by atoms with Crippen LogP contribution in [0.4, 0.5) is 34.9 Å². The van der Waals surface area contributed by atoms with Crippen LogP contribution in [0.2, 0.25) is 0 Å². The van der Waals surface area contributed by atoms with Crippen LogP contribution in [0.1, 0.15) is 113 Å². The summed E-state index contributed by atoms with van der Waals surface area (Å²) in [4.78, 5) is 56.7. The molecule has 4 aromatic carbocycles.